The largest absolute Gasteiger partial charge is 0.377 e. The summed E-state index contributed by atoms with van der Waals surface area (Å²) in [5.41, 5.74) is 2.44. The Balaban J connectivity index is 0.000001000. The van der Waals surface area contributed by atoms with Gasteiger partial charge in [-0.2, -0.15) is 0 Å². The second-order valence-corrected chi connectivity index (χ2v) is 5.89. The minimum Gasteiger partial charge on any atom is -0.377 e. The summed E-state index contributed by atoms with van der Waals surface area (Å²) in [6, 6.07) is 0.398. The molecule has 3 aliphatic heterocycles. The predicted molar refractivity (Wildman–Crippen MR) is 90.7 cm³/mol. The van der Waals surface area contributed by atoms with Crippen LogP contribution in [-0.2, 0) is 4.74 Å². The molecule has 3 heterocycles. The molecule has 0 radical (unpaired) electrons. The molecule has 0 saturated carbocycles. The molecule has 0 spiro atoms. The lowest BCUT2D eigenvalue weighted by molar-refractivity contribution is 0.0326. The van der Waals surface area contributed by atoms with E-state index in [1.54, 1.807) is 0 Å². The number of alkyl halides is 1. The third-order valence-electron chi connectivity index (χ3n) is 3.58. The molecule has 4 nitrogen and oxygen atoms in total. The Morgan fingerprint density at radius 3 is 3.00 bits per heavy atom. The average Bonchev–Trinajstić information content (AvgIpc) is 2.39. The minimum absolute atomic E-state index is 0. The molecule has 0 aromatic rings. The van der Waals surface area contributed by atoms with Crippen molar-refractivity contribution in [3.8, 4) is 0 Å². The molecule has 0 amide bonds. The van der Waals surface area contributed by atoms with E-state index in [1.807, 2.05) is 0 Å². The van der Waals surface area contributed by atoms with Crippen LogP contribution in [0, 0.1) is 0 Å². The Bertz CT molecular complexity index is 439. The van der Waals surface area contributed by atoms with Crippen molar-refractivity contribution in [2.24, 2.45) is 4.99 Å². The molecule has 7 heteroatoms. The first kappa shape index (κ1) is 18.0. The molecule has 1 unspecified atom stereocenters. The van der Waals surface area contributed by atoms with Crippen LogP contribution >= 0.6 is 40.7 Å². The van der Waals surface area contributed by atoms with E-state index in [0.29, 0.717) is 6.04 Å². The Labute approximate surface area is 140 Å². The Hall–Kier alpha value is -0.0700. The molecule has 0 aliphatic carbocycles. The lowest BCUT2D eigenvalue weighted by Crippen LogP contribution is -2.50. The number of hydrogen-bond acceptors (Lipinski definition) is 4. The third kappa shape index (κ3) is 3.57. The van der Waals surface area contributed by atoms with Crippen LogP contribution in [0.3, 0.4) is 0 Å². The fourth-order valence-electron chi connectivity index (χ4n) is 2.59. The predicted octanol–water partition coefficient (Wildman–Crippen LogP) is 2.14. The van der Waals surface area contributed by atoms with E-state index < -0.39 is 0 Å². The van der Waals surface area contributed by atoms with E-state index in [9.17, 15) is 0 Å². The highest BCUT2D eigenvalue weighted by molar-refractivity contribution is 9.10. The fourth-order valence-corrected chi connectivity index (χ4v) is 3.27. The van der Waals surface area contributed by atoms with Gasteiger partial charge in [0, 0.05) is 19.6 Å². The Morgan fingerprint density at radius 2 is 2.25 bits per heavy atom. The van der Waals surface area contributed by atoms with Crippen LogP contribution in [0.15, 0.2) is 28.4 Å². The first-order valence-corrected chi connectivity index (χ1v) is 7.36. The molecule has 2 atom stereocenters. The molecular formula is C13H20BrCl2N3O. The molecule has 0 aromatic carbocycles. The zero-order chi connectivity index (χ0) is 12.5. The van der Waals surface area contributed by atoms with Crippen LogP contribution < -0.4 is 5.32 Å². The maximum Gasteiger partial charge on any atom is 0.123 e. The lowest BCUT2D eigenvalue weighted by Gasteiger charge is -2.38. The van der Waals surface area contributed by atoms with Crippen LogP contribution in [0.4, 0.5) is 0 Å². The number of morpholine rings is 1. The van der Waals surface area contributed by atoms with Gasteiger partial charge >= 0.3 is 0 Å². The highest BCUT2D eigenvalue weighted by Gasteiger charge is 2.29. The molecule has 3 rings (SSSR count). The summed E-state index contributed by atoms with van der Waals surface area (Å²) >= 11 is 3.74. The summed E-state index contributed by atoms with van der Waals surface area (Å²) < 4.78 is 5.49. The molecule has 114 valence electrons. The molecule has 1 N–H and O–H groups in total. The summed E-state index contributed by atoms with van der Waals surface area (Å²) in [6.07, 6.45) is 4.43. The number of nitrogens with one attached hydrogen (secondary N) is 1. The first-order chi connectivity index (χ1) is 8.75. The van der Waals surface area contributed by atoms with Gasteiger partial charge in [-0.15, -0.1) is 24.8 Å². The van der Waals surface area contributed by atoms with Crippen molar-refractivity contribution in [1.29, 1.82) is 0 Å². The maximum atomic E-state index is 5.49. The monoisotopic (exact) mass is 383 g/mol. The number of amidine groups is 1. The quantitative estimate of drug-likeness (QED) is 0.650. The number of dihydropyridines is 1. The van der Waals surface area contributed by atoms with E-state index in [1.165, 1.54) is 5.57 Å². The van der Waals surface area contributed by atoms with Gasteiger partial charge in [-0.25, -0.2) is 4.99 Å². The van der Waals surface area contributed by atoms with Crippen LogP contribution in [0.2, 0.25) is 0 Å². The van der Waals surface area contributed by atoms with Crippen molar-refractivity contribution in [2.75, 3.05) is 32.8 Å². The normalized spacial score (nSPS) is 29.1. The van der Waals surface area contributed by atoms with Crippen LogP contribution in [0.1, 0.15) is 6.92 Å². The Kier molecular flexibility index (Phi) is 7.01. The number of nitrogens with zero attached hydrogens (tertiary/aromatic N) is 2. The molecular weight excluding hydrogens is 365 g/mol. The number of rotatable bonds is 0. The van der Waals surface area contributed by atoms with E-state index in [0.717, 1.165) is 44.4 Å². The van der Waals surface area contributed by atoms with Crippen molar-refractivity contribution in [3.63, 3.8) is 0 Å². The number of ether oxygens (including phenoxy) is 1. The number of hydrogen-bond donors (Lipinski definition) is 1. The summed E-state index contributed by atoms with van der Waals surface area (Å²) in [5, 5.41) is 3.34. The van der Waals surface area contributed by atoms with Crippen molar-refractivity contribution in [3.05, 3.63) is 23.4 Å². The highest BCUT2D eigenvalue weighted by Crippen LogP contribution is 2.26. The summed E-state index contributed by atoms with van der Waals surface area (Å²) in [6.45, 7) is 6.53. The highest BCUT2D eigenvalue weighted by atomic mass is 79.9. The smallest absolute Gasteiger partial charge is 0.123 e. The molecule has 20 heavy (non-hydrogen) atoms. The maximum absolute atomic E-state index is 5.49. The molecule has 1 saturated heterocycles. The average molecular weight is 385 g/mol. The standard InChI is InChI=1S/C13H18BrN3O.2ClH/c1-9-8-18-5-4-17(9)13-11(14)6-10-7-15-3-2-12(10)16-13;;/h2,6,9,11,15H,3-5,7-8H2,1H3;2*1H/t9-,11?;;/m1../s1. The Morgan fingerprint density at radius 1 is 1.45 bits per heavy atom. The summed E-state index contributed by atoms with van der Waals surface area (Å²) in [5.74, 6) is 1.13. The van der Waals surface area contributed by atoms with Gasteiger partial charge in [0.05, 0.1) is 29.8 Å². The number of halogens is 3. The third-order valence-corrected chi connectivity index (χ3v) is 4.25. The van der Waals surface area contributed by atoms with Crippen LogP contribution in [-0.4, -0.2) is 54.5 Å². The SMILES string of the molecule is C[C@@H]1COCCN1C1=NC2=CCNCC2=CC1Br.Cl.Cl. The zero-order valence-electron chi connectivity index (χ0n) is 11.3. The van der Waals surface area contributed by atoms with Gasteiger partial charge in [0.1, 0.15) is 5.84 Å². The van der Waals surface area contributed by atoms with E-state index in [-0.39, 0.29) is 29.6 Å². The molecule has 0 bridgehead atoms. The van der Waals surface area contributed by atoms with Crippen LogP contribution in [0.25, 0.3) is 0 Å². The van der Waals surface area contributed by atoms with Gasteiger partial charge in [-0.1, -0.05) is 22.0 Å². The van der Waals surface area contributed by atoms with E-state index >= 15 is 0 Å². The second-order valence-electron chi connectivity index (χ2n) is 4.90. The van der Waals surface area contributed by atoms with E-state index in [2.05, 4.69) is 45.2 Å². The van der Waals surface area contributed by atoms with Crippen LogP contribution in [0.5, 0.6) is 0 Å². The summed E-state index contributed by atoms with van der Waals surface area (Å²) in [4.78, 5) is 7.43. The van der Waals surface area contributed by atoms with E-state index in [4.69, 9.17) is 9.73 Å². The van der Waals surface area contributed by atoms with Gasteiger partial charge in [-0.05, 0) is 18.6 Å². The first-order valence-electron chi connectivity index (χ1n) is 6.44. The van der Waals surface area contributed by atoms with Gasteiger partial charge in [0.2, 0.25) is 0 Å². The van der Waals surface area contributed by atoms with Crippen molar-refractivity contribution >= 4 is 46.6 Å². The minimum atomic E-state index is 0. The van der Waals surface area contributed by atoms with Gasteiger partial charge in [-0.3, -0.25) is 0 Å². The van der Waals surface area contributed by atoms with Gasteiger partial charge in [0.15, 0.2) is 0 Å². The van der Waals surface area contributed by atoms with Gasteiger partial charge < -0.3 is 15.0 Å². The number of fused-ring (bicyclic) bond motifs is 1. The van der Waals surface area contributed by atoms with Crippen molar-refractivity contribution in [2.45, 2.75) is 17.8 Å². The van der Waals surface area contributed by atoms with Crippen molar-refractivity contribution in [1.82, 2.24) is 10.2 Å². The second kappa shape index (κ2) is 7.80. The topological polar surface area (TPSA) is 36.9 Å². The fraction of sp³-hybridized carbons (Fsp3) is 0.615. The zero-order valence-corrected chi connectivity index (χ0v) is 14.6. The van der Waals surface area contributed by atoms with Gasteiger partial charge in [0.25, 0.3) is 0 Å². The molecule has 0 aromatic heterocycles. The van der Waals surface area contributed by atoms with Crippen molar-refractivity contribution < 1.29 is 4.74 Å². The number of aliphatic imine (C=N–C) groups is 1. The lowest BCUT2D eigenvalue weighted by atomic mass is 10.0. The summed E-state index contributed by atoms with van der Waals surface area (Å²) in [7, 11) is 0. The molecule has 1 fully saturated rings. The molecule has 3 aliphatic rings.